The molecule has 2 aliphatic heterocycles. The van der Waals surface area contributed by atoms with Crippen molar-refractivity contribution in [2.75, 3.05) is 60.2 Å². The Kier molecular flexibility index (Phi) is 9.68. The van der Waals surface area contributed by atoms with Crippen LogP contribution in [0.5, 0.6) is 11.5 Å². The lowest BCUT2D eigenvalue weighted by Gasteiger charge is -2.31. The average Bonchev–Trinajstić information content (AvgIpc) is 3.49. The minimum absolute atomic E-state index is 0.0686. The summed E-state index contributed by atoms with van der Waals surface area (Å²) >= 11 is 0. The van der Waals surface area contributed by atoms with Crippen LogP contribution in [-0.4, -0.2) is 92.5 Å². The molecule has 0 N–H and O–H groups in total. The Morgan fingerprint density at radius 3 is 2.47 bits per heavy atom. The largest absolute Gasteiger partial charge is 0.497 e. The SMILES string of the molecule is COc1ccc(C2=NN(C(=O)CN(CCN3CCOCC3)C(=O)c3ccccc3F)[C@@H](c3ccc(C)cc3)C2)c(OC)c1. The first-order valence-corrected chi connectivity index (χ1v) is 14.4. The van der Waals surface area contributed by atoms with E-state index in [-0.39, 0.29) is 30.6 Å². The van der Waals surface area contributed by atoms with E-state index in [0.717, 1.165) is 29.8 Å². The lowest BCUT2D eigenvalue weighted by molar-refractivity contribution is -0.133. The predicted molar refractivity (Wildman–Crippen MR) is 161 cm³/mol. The maximum Gasteiger partial charge on any atom is 0.262 e. The number of hydrogen-bond donors (Lipinski definition) is 0. The third-order valence-corrected chi connectivity index (χ3v) is 7.86. The maximum absolute atomic E-state index is 14.7. The smallest absolute Gasteiger partial charge is 0.262 e. The maximum atomic E-state index is 14.7. The first-order valence-electron chi connectivity index (χ1n) is 14.4. The second-order valence-electron chi connectivity index (χ2n) is 10.6. The van der Waals surface area contributed by atoms with E-state index in [2.05, 4.69) is 4.90 Å². The molecule has 3 aromatic rings. The number of carbonyl (C=O) groups is 2. The Balaban J connectivity index is 1.45. The molecule has 43 heavy (non-hydrogen) atoms. The van der Waals surface area contributed by atoms with Gasteiger partial charge in [0.05, 0.1) is 44.8 Å². The van der Waals surface area contributed by atoms with Gasteiger partial charge >= 0.3 is 0 Å². The summed E-state index contributed by atoms with van der Waals surface area (Å²) in [5.41, 5.74) is 3.38. The normalized spacial score (nSPS) is 17.0. The highest BCUT2D eigenvalue weighted by molar-refractivity contribution is 6.05. The van der Waals surface area contributed by atoms with Gasteiger partial charge < -0.3 is 19.1 Å². The summed E-state index contributed by atoms with van der Waals surface area (Å²) in [6.07, 6.45) is 0.451. The number of methoxy groups -OCH3 is 2. The molecule has 10 heteroatoms. The molecule has 3 aromatic carbocycles. The van der Waals surface area contributed by atoms with Gasteiger partial charge in [-0.05, 0) is 36.8 Å². The van der Waals surface area contributed by atoms with Gasteiger partial charge in [-0.1, -0.05) is 42.0 Å². The van der Waals surface area contributed by atoms with Crippen molar-refractivity contribution in [1.29, 1.82) is 0 Å². The van der Waals surface area contributed by atoms with Crippen LogP contribution in [0.1, 0.15) is 39.5 Å². The zero-order valence-electron chi connectivity index (χ0n) is 24.8. The second kappa shape index (κ2) is 13.8. The molecule has 0 spiro atoms. The standard InChI is InChI=1S/C33H37FN4O5/c1-23-8-10-24(11-9-23)30-21-29(27-13-12-25(41-2)20-31(27)42-3)35-38(30)32(39)22-37(15-14-36-16-18-43-19-17-36)33(40)26-6-4-5-7-28(26)34/h4-13,20,30H,14-19,21-22H2,1-3H3/t30-/m1/s1. The lowest BCUT2D eigenvalue weighted by atomic mass is 9.97. The molecular formula is C33H37FN4O5. The van der Waals surface area contributed by atoms with Crippen molar-refractivity contribution in [3.05, 3.63) is 94.8 Å². The van der Waals surface area contributed by atoms with Gasteiger partial charge in [0.2, 0.25) is 0 Å². The van der Waals surface area contributed by atoms with Gasteiger partial charge in [0, 0.05) is 44.2 Å². The summed E-state index contributed by atoms with van der Waals surface area (Å²) in [4.78, 5) is 31.3. The van der Waals surface area contributed by atoms with Crippen LogP contribution < -0.4 is 9.47 Å². The van der Waals surface area contributed by atoms with Crippen LogP contribution in [0.3, 0.4) is 0 Å². The highest BCUT2D eigenvalue weighted by atomic mass is 19.1. The zero-order chi connectivity index (χ0) is 30.3. The first kappa shape index (κ1) is 30.2. The molecule has 1 fully saturated rings. The second-order valence-corrected chi connectivity index (χ2v) is 10.6. The lowest BCUT2D eigenvalue weighted by Crippen LogP contribution is -2.46. The van der Waals surface area contributed by atoms with Gasteiger partial charge in [-0.2, -0.15) is 5.10 Å². The predicted octanol–water partition coefficient (Wildman–Crippen LogP) is 4.30. The number of aryl methyl sites for hydroxylation is 1. The number of nitrogens with zero attached hydrogens (tertiary/aromatic N) is 4. The van der Waals surface area contributed by atoms with Crippen molar-refractivity contribution in [2.45, 2.75) is 19.4 Å². The van der Waals surface area contributed by atoms with Crippen molar-refractivity contribution in [3.63, 3.8) is 0 Å². The summed E-state index contributed by atoms with van der Waals surface area (Å²) in [5, 5.41) is 6.25. The summed E-state index contributed by atoms with van der Waals surface area (Å²) in [6.45, 7) is 5.23. The highest BCUT2D eigenvalue weighted by Crippen LogP contribution is 2.36. The fourth-order valence-electron chi connectivity index (χ4n) is 5.37. The van der Waals surface area contributed by atoms with Crippen molar-refractivity contribution in [1.82, 2.24) is 14.8 Å². The van der Waals surface area contributed by atoms with Crippen LogP contribution in [0.2, 0.25) is 0 Å². The Hall–Kier alpha value is -4.28. The fraction of sp³-hybridized carbons (Fsp3) is 0.364. The fourth-order valence-corrected chi connectivity index (χ4v) is 5.37. The number of carbonyl (C=O) groups excluding carboxylic acids is 2. The summed E-state index contributed by atoms with van der Waals surface area (Å²) < 4.78 is 31.1. The van der Waals surface area contributed by atoms with Crippen molar-refractivity contribution >= 4 is 17.5 Å². The van der Waals surface area contributed by atoms with Crippen molar-refractivity contribution < 1.29 is 28.2 Å². The molecule has 9 nitrogen and oxygen atoms in total. The van der Waals surface area contributed by atoms with Crippen molar-refractivity contribution in [2.24, 2.45) is 5.10 Å². The van der Waals surface area contributed by atoms with E-state index >= 15 is 0 Å². The molecule has 1 atom stereocenters. The van der Waals surface area contributed by atoms with Gasteiger partial charge in [-0.15, -0.1) is 0 Å². The minimum Gasteiger partial charge on any atom is -0.497 e. The molecule has 2 heterocycles. The topological polar surface area (TPSA) is 83.9 Å². The quantitative estimate of drug-likeness (QED) is 0.351. The van der Waals surface area contributed by atoms with Gasteiger partial charge in [0.1, 0.15) is 23.9 Å². The molecule has 5 rings (SSSR count). The first-order chi connectivity index (χ1) is 20.9. The van der Waals surface area contributed by atoms with Gasteiger partial charge in [0.25, 0.3) is 11.8 Å². The van der Waals surface area contributed by atoms with E-state index in [0.29, 0.717) is 43.4 Å². The molecule has 0 radical (unpaired) electrons. The average molecular weight is 589 g/mol. The molecule has 1 saturated heterocycles. The summed E-state index contributed by atoms with van der Waals surface area (Å²) in [6, 6.07) is 18.9. The zero-order valence-corrected chi connectivity index (χ0v) is 24.8. The monoisotopic (exact) mass is 588 g/mol. The Labute approximate surface area is 251 Å². The number of ether oxygens (including phenoxy) is 3. The number of amides is 2. The van der Waals surface area contributed by atoms with E-state index in [1.807, 2.05) is 43.3 Å². The Morgan fingerprint density at radius 2 is 1.77 bits per heavy atom. The van der Waals surface area contributed by atoms with Gasteiger partial charge in [-0.25, -0.2) is 9.40 Å². The van der Waals surface area contributed by atoms with E-state index in [9.17, 15) is 14.0 Å². The van der Waals surface area contributed by atoms with E-state index in [4.69, 9.17) is 19.3 Å². The molecular weight excluding hydrogens is 551 g/mol. The van der Waals surface area contributed by atoms with Gasteiger partial charge in [0.15, 0.2) is 0 Å². The summed E-state index contributed by atoms with van der Waals surface area (Å²) in [7, 11) is 3.16. The highest BCUT2D eigenvalue weighted by Gasteiger charge is 2.35. The number of halogens is 1. The van der Waals surface area contributed by atoms with Gasteiger partial charge in [-0.3, -0.25) is 14.5 Å². The molecule has 2 amide bonds. The van der Waals surface area contributed by atoms with Crippen molar-refractivity contribution in [3.8, 4) is 11.5 Å². The van der Waals surface area contributed by atoms with Crippen LogP contribution in [0.4, 0.5) is 4.39 Å². The minimum atomic E-state index is -0.623. The van der Waals surface area contributed by atoms with Crippen LogP contribution in [0, 0.1) is 12.7 Å². The molecule has 0 unspecified atom stereocenters. The number of morpholine rings is 1. The third kappa shape index (κ3) is 7.03. The van der Waals surface area contributed by atoms with Crippen LogP contribution >= 0.6 is 0 Å². The van der Waals surface area contributed by atoms with E-state index in [1.54, 1.807) is 26.4 Å². The van der Waals surface area contributed by atoms with Crippen LogP contribution in [-0.2, 0) is 9.53 Å². The Bertz CT molecular complexity index is 1470. The van der Waals surface area contributed by atoms with Crippen LogP contribution in [0.15, 0.2) is 71.8 Å². The van der Waals surface area contributed by atoms with E-state index in [1.165, 1.54) is 28.1 Å². The third-order valence-electron chi connectivity index (χ3n) is 7.86. The number of hydrazone groups is 1. The molecule has 0 aliphatic carbocycles. The molecule has 0 aromatic heterocycles. The number of rotatable bonds is 10. The van der Waals surface area contributed by atoms with Crippen LogP contribution in [0.25, 0.3) is 0 Å². The summed E-state index contributed by atoms with van der Waals surface area (Å²) in [5.74, 6) is -0.296. The molecule has 226 valence electrons. The Morgan fingerprint density at radius 1 is 1.02 bits per heavy atom. The molecule has 0 bridgehead atoms. The number of benzene rings is 3. The molecule has 2 aliphatic rings. The van der Waals surface area contributed by atoms with E-state index < -0.39 is 11.7 Å². The molecule has 0 saturated carbocycles. The number of hydrogen-bond acceptors (Lipinski definition) is 7.